The van der Waals surface area contributed by atoms with Crippen LogP contribution in [0.5, 0.6) is 0 Å². The Morgan fingerprint density at radius 3 is 2.85 bits per heavy atom. The molecule has 20 heavy (non-hydrogen) atoms. The SMILES string of the molecule is Cc1cc(C)nc(N2CCC[C@H](C(=O)NCC#N)C2)n1. The summed E-state index contributed by atoms with van der Waals surface area (Å²) >= 11 is 0. The summed E-state index contributed by atoms with van der Waals surface area (Å²) in [6, 6.07) is 3.86. The van der Waals surface area contributed by atoms with Crippen LogP contribution in [0.25, 0.3) is 0 Å². The average molecular weight is 273 g/mol. The molecule has 6 heteroatoms. The van der Waals surface area contributed by atoms with Crippen LogP contribution in [0.2, 0.25) is 0 Å². The van der Waals surface area contributed by atoms with Gasteiger partial charge in [-0.3, -0.25) is 4.79 Å². The van der Waals surface area contributed by atoms with Crippen LogP contribution in [0, 0.1) is 31.1 Å². The summed E-state index contributed by atoms with van der Waals surface area (Å²) in [6.07, 6.45) is 1.78. The van der Waals surface area contributed by atoms with Gasteiger partial charge in [-0.2, -0.15) is 5.26 Å². The number of nitrogens with one attached hydrogen (secondary N) is 1. The largest absolute Gasteiger partial charge is 0.343 e. The van der Waals surface area contributed by atoms with E-state index in [0.29, 0.717) is 12.5 Å². The highest BCUT2D eigenvalue weighted by molar-refractivity contribution is 5.79. The van der Waals surface area contributed by atoms with Gasteiger partial charge in [0, 0.05) is 24.5 Å². The molecule has 1 fully saturated rings. The van der Waals surface area contributed by atoms with Gasteiger partial charge in [-0.25, -0.2) is 9.97 Å². The molecule has 1 N–H and O–H groups in total. The molecule has 1 atom stereocenters. The zero-order valence-corrected chi connectivity index (χ0v) is 11.9. The highest BCUT2D eigenvalue weighted by atomic mass is 16.1. The second kappa shape index (κ2) is 6.33. The summed E-state index contributed by atoms with van der Waals surface area (Å²) in [5.74, 6) is 0.544. The van der Waals surface area contributed by atoms with Gasteiger partial charge in [-0.15, -0.1) is 0 Å². The topological polar surface area (TPSA) is 81.9 Å². The lowest BCUT2D eigenvalue weighted by Gasteiger charge is -2.32. The zero-order chi connectivity index (χ0) is 14.5. The predicted molar refractivity (Wildman–Crippen MR) is 75.1 cm³/mol. The van der Waals surface area contributed by atoms with Crippen LogP contribution in [0.1, 0.15) is 24.2 Å². The van der Waals surface area contributed by atoms with Gasteiger partial charge < -0.3 is 10.2 Å². The van der Waals surface area contributed by atoms with Crippen LogP contribution in [0.15, 0.2) is 6.07 Å². The van der Waals surface area contributed by atoms with Crippen molar-refractivity contribution in [3.05, 3.63) is 17.5 Å². The number of anilines is 1. The third kappa shape index (κ3) is 3.44. The van der Waals surface area contributed by atoms with Crippen molar-refractivity contribution in [2.75, 3.05) is 24.5 Å². The van der Waals surface area contributed by atoms with Crippen LogP contribution < -0.4 is 10.2 Å². The lowest BCUT2D eigenvalue weighted by molar-refractivity contribution is -0.125. The van der Waals surface area contributed by atoms with Crippen LogP contribution in [-0.4, -0.2) is 35.5 Å². The van der Waals surface area contributed by atoms with Gasteiger partial charge in [0.15, 0.2) is 0 Å². The Balaban J connectivity index is 2.06. The molecule has 1 amide bonds. The molecule has 1 aromatic heterocycles. The third-order valence-corrected chi connectivity index (χ3v) is 3.39. The quantitative estimate of drug-likeness (QED) is 0.829. The summed E-state index contributed by atoms with van der Waals surface area (Å²) in [4.78, 5) is 22.9. The third-order valence-electron chi connectivity index (χ3n) is 3.39. The summed E-state index contributed by atoms with van der Waals surface area (Å²) in [5, 5.41) is 11.1. The van der Waals surface area contributed by atoms with E-state index in [1.807, 2.05) is 26.0 Å². The molecule has 0 aromatic carbocycles. The summed E-state index contributed by atoms with van der Waals surface area (Å²) in [5.41, 5.74) is 1.87. The molecule has 1 aliphatic rings. The number of aromatic nitrogens is 2. The van der Waals surface area contributed by atoms with Gasteiger partial charge in [0.25, 0.3) is 0 Å². The molecule has 1 aromatic rings. The van der Waals surface area contributed by atoms with E-state index in [4.69, 9.17) is 5.26 Å². The fourth-order valence-corrected chi connectivity index (χ4v) is 2.49. The van der Waals surface area contributed by atoms with Crippen molar-refractivity contribution in [3.63, 3.8) is 0 Å². The van der Waals surface area contributed by atoms with E-state index in [2.05, 4.69) is 20.2 Å². The number of aryl methyl sites for hydroxylation is 2. The maximum absolute atomic E-state index is 11.9. The summed E-state index contributed by atoms with van der Waals surface area (Å²) < 4.78 is 0. The van der Waals surface area contributed by atoms with E-state index in [1.165, 1.54) is 0 Å². The van der Waals surface area contributed by atoms with Crippen molar-refractivity contribution in [2.45, 2.75) is 26.7 Å². The predicted octanol–water partition coefficient (Wildman–Crippen LogP) is 0.950. The van der Waals surface area contributed by atoms with E-state index in [9.17, 15) is 4.79 Å². The average Bonchev–Trinajstić information content (AvgIpc) is 2.44. The number of rotatable bonds is 3. The molecule has 2 rings (SSSR count). The van der Waals surface area contributed by atoms with Crippen molar-refractivity contribution < 1.29 is 4.79 Å². The number of nitrogens with zero attached hydrogens (tertiary/aromatic N) is 4. The summed E-state index contributed by atoms with van der Waals surface area (Å²) in [6.45, 7) is 5.43. The molecule has 1 saturated heterocycles. The second-order valence-electron chi connectivity index (χ2n) is 5.11. The molecule has 2 heterocycles. The lowest BCUT2D eigenvalue weighted by Crippen LogP contribution is -2.43. The number of amides is 1. The monoisotopic (exact) mass is 273 g/mol. The molecular weight excluding hydrogens is 254 g/mol. The fourth-order valence-electron chi connectivity index (χ4n) is 2.49. The first-order valence-electron chi connectivity index (χ1n) is 6.82. The Morgan fingerprint density at radius 1 is 1.50 bits per heavy atom. The van der Waals surface area contributed by atoms with E-state index in [-0.39, 0.29) is 18.4 Å². The highest BCUT2D eigenvalue weighted by Crippen LogP contribution is 2.21. The maximum atomic E-state index is 11.9. The number of carbonyl (C=O) groups excluding carboxylic acids is 1. The maximum Gasteiger partial charge on any atom is 0.225 e. The van der Waals surface area contributed by atoms with Crippen LogP contribution in [0.4, 0.5) is 5.95 Å². The van der Waals surface area contributed by atoms with Crippen molar-refractivity contribution in [2.24, 2.45) is 5.92 Å². The zero-order valence-electron chi connectivity index (χ0n) is 11.9. The van der Waals surface area contributed by atoms with Crippen molar-refractivity contribution in [1.29, 1.82) is 5.26 Å². The molecule has 0 unspecified atom stereocenters. The molecule has 106 valence electrons. The van der Waals surface area contributed by atoms with Crippen LogP contribution >= 0.6 is 0 Å². The first-order chi connectivity index (χ1) is 9.60. The van der Waals surface area contributed by atoms with Gasteiger partial charge >= 0.3 is 0 Å². The van der Waals surface area contributed by atoms with Crippen molar-refractivity contribution >= 4 is 11.9 Å². The highest BCUT2D eigenvalue weighted by Gasteiger charge is 2.27. The Bertz CT molecular complexity index is 517. The van der Waals surface area contributed by atoms with E-state index < -0.39 is 0 Å². The Kier molecular flexibility index (Phi) is 4.51. The minimum atomic E-state index is -0.0958. The van der Waals surface area contributed by atoms with E-state index in [0.717, 1.165) is 30.8 Å². The van der Waals surface area contributed by atoms with Crippen molar-refractivity contribution in [1.82, 2.24) is 15.3 Å². The van der Waals surface area contributed by atoms with Gasteiger partial charge in [0.2, 0.25) is 11.9 Å². The fraction of sp³-hybridized carbons (Fsp3) is 0.571. The second-order valence-corrected chi connectivity index (χ2v) is 5.11. The molecule has 0 saturated carbocycles. The Labute approximate surface area is 118 Å². The minimum Gasteiger partial charge on any atom is -0.343 e. The van der Waals surface area contributed by atoms with E-state index >= 15 is 0 Å². The van der Waals surface area contributed by atoms with Gasteiger partial charge in [-0.1, -0.05) is 0 Å². The van der Waals surface area contributed by atoms with E-state index in [1.54, 1.807) is 0 Å². The molecule has 0 aliphatic carbocycles. The Hall–Kier alpha value is -2.16. The van der Waals surface area contributed by atoms with Gasteiger partial charge in [0.1, 0.15) is 6.54 Å². The number of piperidine rings is 1. The molecule has 1 aliphatic heterocycles. The number of hydrogen-bond donors (Lipinski definition) is 1. The minimum absolute atomic E-state index is 0.0550. The molecular formula is C14H19N5O. The first kappa shape index (κ1) is 14.3. The smallest absolute Gasteiger partial charge is 0.225 e. The summed E-state index contributed by atoms with van der Waals surface area (Å²) in [7, 11) is 0. The molecule has 0 bridgehead atoms. The lowest BCUT2D eigenvalue weighted by atomic mass is 9.97. The molecule has 0 radical (unpaired) electrons. The number of carbonyl (C=O) groups is 1. The number of nitriles is 1. The van der Waals surface area contributed by atoms with Gasteiger partial charge in [0.05, 0.1) is 12.0 Å². The number of hydrogen-bond acceptors (Lipinski definition) is 5. The standard InChI is InChI=1S/C14H19N5O/c1-10-8-11(2)18-14(17-10)19-7-3-4-12(9-19)13(20)16-6-5-15/h8,12H,3-4,6-7,9H2,1-2H3,(H,16,20)/t12-/m0/s1. The van der Waals surface area contributed by atoms with Crippen LogP contribution in [0.3, 0.4) is 0 Å². The van der Waals surface area contributed by atoms with Gasteiger partial charge in [-0.05, 0) is 32.8 Å². The first-order valence-corrected chi connectivity index (χ1v) is 6.82. The molecule has 0 spiro atoms. The van der Waals surface area contributed by atoms with Crippen LogP contribution in [-0.2, 0) is 4.79 Å². The van der Waals surface area contributed by atoms with Crippen molar-refractivity contribution in [3.8, 4) is 6.07 Å². The normalized spacial score (nSPS) is 18.4. The molecule has 6 nitrogen and oxygen atoms in total. The Morgan fingerprint density at radius 2 is 2.20 bits per heavy atom.